The SMILES string of the molecule is CCCC(C)(N)C(=O)N1CCCN(Cc2noc(C3CC3)n2)CC1. The van der Waals surface area contributed by atoms with Gasteiger partial charge in [0.1, 0.15) is 0 Å². The Bertz CT molecular complexity index is 567. The molecule has 7 heteroatoms. The maximum absolute atomic E-state index is 12.7. The fourth-order valence-electron chi connectivity index (χ4n) is 3.35. The Hall–Kier alpha value is -1.47. The van der Waals surface area contributed by atoms with E-state index < -0.39 is 5.54 Å². The number of nitrogens with two attached hydrogens (primary N) is 1. The van der Waals surface area contributed by atoms with Gasteiger partial charge in [0.2, 0.25) is 11.8 Å². The van der Waals surface area contributed by atoms with Crippen LogP contribution in [0.4, 0.5) is 0 Å². The van der Waals surface area contributed by atoms with Gasteiger partial charge in [-0.2, -0.15) is 4.98 Å². The Morgan fingerprint density at radius 3 is 2.83 bits per heavy atom. The topological polar surface area (TPSA) is 88.5 Å². The molecule has 1 atom stereocenters. The lowest BCUT2D eigenvalue weighted by atomic mass is 9.95. The summed E-state index contributed by atoms with van der Waals surface area (Å²) in [6, 6.07) is 0. The molecule has 1 amide bonds. The highest BCUT2D eigenvalue weighted by Gasteiger charge is 2.33. The summed E-state index contributed by atoms with van der Waals surface area (Å²) in [4.78, 5) is 21.4. The number of carbonyl (C=O) groups excluding carboxylic acids is 1. The number of hydrogen-bond donors (Lipinski definition) is 1. The zero-order valence-corrected chi connectivity index (χ0v) is 14.8. The standard InChI is InChI=1S/C17H29N5O2/c1-3-7-17(2,18)16(23)22-9-4-8-21(10-11-22)12-14-19-15(24-20-14)13-5-6-13/h13H,3-12,18H2,1-2H3. The summed E-state index contributed by atoms with van der Waals surface area (Å²) in [5, 5.41) is 4.09. The molecule has 24 heavy (non-hydrogen) atoms. The van der Waals surface area contributed by atoms with Crippen LogP contribution in [0.2, 0.25) is 0 Å². The van der Waals surface area contributed by atoms with Crippen molar-refractivity contribution in [3.8, 4) is 0 Å². The van der Waals surface area contributed by atoms with Gasteiger partial charge >= 0.3 is 0 Å². The van der Waals surface area contributed by atoms with Crippen LogP contribution in [0.1, 0.15) is 63.6 Å². The Kier molecular flexibility index (Phi) is 5.20. The minimum atomic E-state index is -0.753. The first-order valence-corrected chi connectivity index (χ1v) is 9.12. The normalized spacial score (nSPS) is 22.2. The first-order valence-electron chi connectivity index (χ1n) is 9.12. The van der Waals surface area contributed by atoms with E-state index in [0.717, 1.165) is 63.5 Å². The molecule has 7 nitrogen and oxygen atoms in total. The fourth-order valence-corrected chi connectivity index (χ4v) is 3.35. The third-order valence-electron chi connectivity index (χ3n) is 4.91. The molecule has 2 fully saturated rings. The summed E-state index contributed by atoms with van der Waals surface area (Å²) in [6.07, 6.45) is 4.91. The molecule has 3 rings (SSSR count). The number of amides is 1. The Labute approximate surface area is 143 Å². The van der Waals surface area contributed by atoms with Crippen LogP contribution < -0.4 is 5.73 Å². The van der Waals surface area contributed by atoms with Crippen molar-refractivity contribution in [1.82, 2.24) is 19.9 Å². The third kappa shape index (κ3) is 4.13. The van der Waals surface area contributed by atoms with E-state index in [1.54, 1.807) is 0 Å². The van der Waals surface area contributed by atoms with E-state index in [1.807, 2.05) is 11.8 Å². The lowest BCUT2D eigenvalue weighted by molar-refractivity contribution is -0.136. The molecule has 1 saturated carbocycles. The van der Waals surface area contributed by atoms with Crippen molar-refractivity contribution in [3.63, 3.8) is 0 Å². The Morgan fingerprint density at radius 2 is 2.12 bits per heavy atom. The Morgan fingerprint density at radius 1 is 1.33 bits per heavy atom. The molecule has 0 spiro atoms. The van der Waals surface area contributed by atoms with Crippen LogP contribution in [0, 0.1) is 0 Å². The monoisotopic (exact) mass is 335 g/mol. The second-order valence-corrected chi connectivity index (χ2v) is 7.41. The van der Waals surface area contributed by atoms with E-state index in [9.17, 15) is 4.79 Å². The lowest BCUT2D eigenvalue weighted by Crippen LogP contribution is -2.53. The molecule has 1 aromatic rings. The first-order chi connectivity index (χ1) is 11.5. The maximum atomic E-state index is 12.7. The van der Waals surface area contributed by atoms with E-state index in [4.69, 9.17) is 10.3 Å². The fraction of sp³-hybridized carbons (Fsp3) is 0.824. The van der Waals surface area contributed by atoms with Gasteiger partial charge in [0.25, 0.3) is 0 Å². The van der Waals surface area contributed by atoms with Crippen molar-refractivity contribution in [2.45, 2.75) is 64.0 Å². The van der Waals surface area contributed by atoms with Crippen LogP contribution >= 0.6 is 0 Å². The van der Waals surface area contributed by atoms with Gasteiger partial charge in [-0.3, -0.25) is 9.69 Å². The molecule has 1 aliphatic carbocycles. The highest BCUT2D eigenvalue weighted by molar-refractivity contribution is 5.85. The van der Waals surface area contributed by atoms with E-state index in [1.165, 1.54) is 0 Å². The van der Waals surface area contributed by atoms with Crippen molar-refractivity contribution in [3.05, 3.63) is 11.7 Å². The van der Waals surface area contributed by atoms with Gasteiger partial charge in [-0.1, -0.05) is 18.5 Å². The summed E-state index contributed by atoms with van der Waals surface area (Å²) in [5.74, 6) is 2.10. The highest BCUT2D eigenvalue weighted by Crippen LogP contribution is 2.38. The summed E-state index contributed by atoms with van der Waals surface area (Å²) < 4.78 is 5.32. The highest BCUT2D eigenvalue weighted by atomic mass is 16.5. The van der Waals surface area contributed by atoms with Gasteiger partial charge in [0.15, 0.2) is 5.82 Å². The van der Waals surface area contributed by atoms with Gasteiger partial charge in [-0.15, -0.1) is 0 Å². The van der Waals surface area contributed by atoms with Crippen LogP contribution in [0.25, 0.3) is 0 Å². The summed E-state index contributed by atoms with van der Waals surface area (Å²) in [6.45, 7) is 7.83. The molecular formula is C17H29N5O2. The Balaban J connectivity index is 1.53. The molecule has 0 aromatic carbocycles. The average Bonchev–Trinajstić information content (AvgIpc) is 3.32. The predicted octanol–water partition coefficient (Wildman–Crippen LogP) is 1.50. The summed E-state index contributed by atoms with van der Waals surface area (Å²) in [5.41, 5.74) is 5.46. The van der Waals surface area contributed by atoms with Crippen molar-refractivity contribution < 1.29 is 9.32 Å². The van der Waals surface area contributed by atoms with Crippen LogP contribution in [-0.4, -0.2) is 57.6 Å². The van der Waals surface area contributed by atoms with E-state index in [2.05, 4.69) is 22.0 Å². The maximum Gasteiger partial charge on any atom is 0.242 e. The molecule has 134 valence electrons. The quantitative estimate of drug-likeness (QED) is 0.847. The minimum Gasteiger partial charge on any atom is -0.340 e. The average molecular weight is 335 g/mol. The van der Waals surface area contributed by atoms with Gasteiger partial charge in [-0.25, -0.2) is 0 Å². The van der Waals surface area contributed by atoms with Crippen LogP contribution in [0.5, 0.6) is 0 Å². The second-order valence-electron chi connectivity index (χ2n) is 7.41. The zero-order valence-electron chi connectivity index (χ0n) is 14.8. The molecule has 2 heterocycles. The lowest BCUT2D eigenvalue weighted by Gasteiger charge is -2.31. The van der Waals surface area contributed by atoms with Gasteiger partial charge in [-0.05, 0) is 32.6 Å². The van der Waals surface area contributed by atoms with Crippen LogP contribution in [0.15, 0.2) is 4.52 Å². The summed E-state index contributed by atoms with van der Waals surface area (Å²) in [7, 11) is 0. The molecule has 2 aliphatic rings. The molecule has 1 unspecified atom stereocenters. The van der Waals surface area contributed by atoms with Gasteiger partial charge < -0.3 is 15.2 Å². The minimum absolute atomic E-state index is 0.0711. The van der Waals surface area contributed by atoms with Gasteiger partial charge in [0.05, 0.1) is 12.1 Å². The largest absolute Gasteiger partial charge is 0.340 e. The van der Waals surface area contributed by atoms with E-state index in [-0.39, 0.29) is 5.91 Å². The van der Waals surface area contributed by atoms with Gasteiger partial charge in [0, 0.05) is 32.1 Å². The molecular weight excluding hydrogens is 306 g/mol. The molecule has 1 aromatic heterocycles. The van der Waals surface area contributed by atoms with Crippen LogP contribution in [-0.2, 0) is 11.3 Å². The van der Waals surface area contributed by atoms with E-state index in [0.29, 0.717) is 19.0 Å². The van der Waals surface area contributed by atoms with E-state index >= 15 is 0 Å². The molecule has 1 aliphatic heterocycles. The van der Waals surface area contributed by atoms with Crippen LogP contribution in [0.3, 0.4) is 0 Å². The number of nitrogens with zero attached hydrogens (tertiary/aromatic N) is 4. The molecule has 2 N–H and O–H groups in total. The molecule has 1 saturated heterocycles. The molecule has 0 bridgehead atoms. The smallest absolute Gasteiger partial charge is 0.242 e. The number of rotatable bonds is 6. The number of hydrogen-bond acceptors (Lipinski definition) is 6. The van der Waals surface area contributed by atoms with Crippen molar-refractivity contribution >= 4 is 5.91 Å². The third-order valence-corrected chi connectivity index (χ3v) is 4.91. The second kappa shape index (κ2) is 7.19. The first kappa shape index (κ1) is 17.4. The predicted molar refractivity (Wildman–Crippen MR) is 90.2 cm³/mol. The number of carbonyl (C=O) groups is 1. The van der Waals surface area contributed by atoms with Crippen molar-refractivity contribution in [1.29, 1.82) is 0 Å². The zero-order chi connectivity index (χ0) is 17.2. The summed E-state index contributed by atoms with van der Waals surface area (Å²) >= 11 is 0. The van der Waals surface area contributed by atoms with Crippen molar-refractivity contribution in [2.24, 2.45) is 5.73 Å². The number of aromatic nitrogens is 2. The van der Waals surface area contributed by atoms with Crippen molar-refractivity contribution in [2.75, 3.05) is 26.2 Å². The molecule has 0 radical (unpaired) electrons.